The van der Waals surface area contributed by atoms with Gasteiger partial charge in [0, 0.05) is 63.3 Å². The van der Waals surface area contributed by atoms with E-state index in [9.17, 15) is 9.59 Å². The van der Waals surface area contributed by atoms with Crippen LogP contribution in [0.2, 0.25) is 0 Å². The predicted molar refractivity (Wildman–Crippen MR) is 594 cm³/mol. The molecule has 0 saturated carbocycles. The van der Waals surface area contributed by atoms with Crippen molar-refractivity contribution in [2.45, 2.75) is 242 Å². The molecular formula is C128H149N7O3. The first-order chi connectivity index (χ1) is 66.1. The molecule has 6 aliphatic rings. The van der Waals surface area contributed by atoms with Crippen LogP contribution in [0.5, 0.6) is 0 Å². The lowest BCUT2D eigenvalue weighted by Gasteiger charge is -2.36. The number of nitrogens with one attached hydrogen (secondary N) is 4. The summed E-state index contributed by atoms with van der Waals surface area (Å²) >= 11 is 0. The van der Waals surface area contributed by atoms with Crippen molar-refractivity contribution in [2.24, 2.45) is 16.7 Å². The molecule has 8 bridgehead atoms. The number of nitrogens with zero attached hydrogens (tertiary/aromatic N) is 3. The van der Waals surface area contributed by atoms with E-state index in [1.54, 1.807) is 0 Å². The molecule has 0 spiro atoms. The molecule has 5 heterocycles. The fourth-order valence-corrected chi connectivity index (χ4v) is 20.5. The van der Waals surface area contributed by atoms with Crippen molar-refractivity contribution in [2.75, 3.05) is 23.7 Å². The summed E-state index contributed by atoms with van der Waals surface area (Å²) in [5, 5.41) is 6.35. The summed E-state index contributed by atoms with van der Waals surface area (Å²) in [6.07, 6.45) is 71.3. The maximum absolute atomic E-state index is 15.8. The number of rotatable bonds is 34. The van der Waals surface area contributed by atoms with Crippen molar-refractivity contribution in [1.82, 2.24) is 24.8 Å². The smallest absolute Gasteiger partial charge is 0.255 e. The minimum absolute atomic E-state index is 0.0938. The Kier molecular flexibility index (Phi) is 35.4. The second-order valence-corrected chi connectivity index (χ2v) is 39.6. The lowest BCUT2D eigenvalue weighted by atomic mass is 9.68. The van der Waals surface area contributed by atoms with E-state index in [0.29, 0.717) is 61.3 Å². The maximum atomic E-state index is 15.8. The van der Waals surface area contributed by atoms with Crippen molar-refractivity contribution in [3.8, 4) is 22.3 Å². The Bertz CT molecular complexity index is 6600. The summed E-state index contributed by atoms with van der Waals surface area (Å²) in [4.78, 5) is 66.5. The van der Waals surface area contributed by atoms with Gasteiger partial charge in [0.05, 0.1) is 39.9 Å². The Morgan fingerprint density at radius 1 is 0.464 bits per heavy atom. The number of fused-ring (bicyclic) bond motifs is 8. The van der Waals surface area contributed by atoms with E-state index in [0.717, 1.165) is 158 Å². The van der Waals surface area contributed by atoms with Crippen LogP contribution < -0.4 is 10.6 Å². The van der Waals surface area contributed by atoms with E-state index in [2.05, 4.69) is 368 Å². The minimum atomic E-state index is -0.838. The number of hydrogen-bond donors (Lipinski definition) is 4. The second kappa shape index (κ2) is 47.2. The van der Waals surface area contributed by atoms with Crippen LogP contribution in [0.15, 0.2) is 335 Å². The molecule has 6 aromatic rings. The summed E-state index contributed by atoms with van der Waals surface area (Å²) in [6.45, 7) is 56.8. The first kappa shape index (κ1) is 104. The lowest BCUT2D eigenvalue weighted by Crippen LogP contribution is -2.44. The normalized spacial score (nSPS) is 18.2. The van der Waals surface area contributed by atoms with Crippen LogP contribution in [0.1, 0.15) is 299 Å². The number of aromatic nitrogens is 4. The van der Waals surface area contributed by atoms with Crippen LogP contribution in [-0.4, -0.2) is 55.6 Å². The van der Waals surface area contributed by atoms with Gasteiger partial charge in [-0.05, 0) is 318 Å². The molecule has 0 fully saturated rings. The number of anilines is 2. The van der Waals surface area contributed by atoms with Crippen LogP contribution >= 0.6 is 0 Å². The number of H-pyrrole nitrogens is 2. The molecule has 10 nitrogen and oxygen atoms in total. The van der Waals surface area contributed by atoms with Gasteiger partial charge in [-0.15, -0.1) is 0 Å². The highest BCUT2D eigenvalue weighted by molar-refractivity contribution is 6.08. The third kappa shape index (κ3) is 24.8. The standard InChI is InChI=1S/C128H149N7O3/c1-25-79-128-97(20)120-116(101-67-71-103(72-68-101)124(137)130-105-75-63-99(64-76-105)60-56-89(12)50-36-46-85(8)42-32-34-44-87(10)48-38-52-91(14)58-78-111-93(16)54-40-81-127(111,23)24)118-95(18)107(27-3)114(132-118)83-113-106(26-2)94(17)117(131-113)115(119-96(19)108(28-4)121(133-119)109(122(128)134-120)82-112(128)125(138)135(29-5)30-6)100-65-69-102(70-66-100)123(136)129-104-73-61-98(62-74-104)59-55-88(11)49-35-45-84(7)41-31-33-43-86(9)47-37-51-90(13)57-77-110-92(15)53-39-80-126(110,21)22/h31-38,41-52,55-78,83,112,131,134H,20,25-30,39-40,53-54,79-82H2,1-19,21-24H3,(H,129,136)(H,130,137)/b33-31+,34-32+,45-35+,46-36+,47-37+,48-38+,59-55+,60-56+,77-57+,78-58+,84-41+,85-42+,86-43+,87-44+,88-49+,89-50+,90-51+,91-52+,114-83?,119-115?,120-116?. The molecule has 138 heavy (non-hydrogen) atoms. The molecule has 714 valence electrons. The molecule has 12 rings (SSSR count). The van der Waals surface area contributed by atoms with Crippen LogP contribution in [0.25, 0.3) is 73.3 Å². The van der Waals surface area contributed by atoms with Gasteiger partial charge in [-0.25, -0.2) is 9.97 Å². The zero-order chi connectivity index (χ0) is 99.3. The van der Waals surface area contributed by atoms with Gasteiger partial charge in [0.15, 0.2) is 0 Å². The molecule has 0 saturated heterocycles. The fraction of sp³-hybridized carbons (Fsp3) is 0.320. The highest BCUT2D eigenvalue weighted by Crippen LogP contribution is 2.60. The van der Waals surface area contributed by atoms with Crippen LogP contribution in [0.3, 0.4) is 0 Å². The third-order valence-electron chi connectivity index (χ3n) is 28.5. The number of aromatic amines is 2. The number of aryl methyl sites for hydroxylation is 2. The molecule has 4 aromatic carbocycles. The van der Waals surface area contributed by atoms with Gasteiger partial charge in [0.2, 0.25) is 5.91 Å². The van der Waals surface area contributed by atoms with Crippen molar-refractivity contribution < 1.29 is 14.4 Å². The molecule has 4 N–H and O–H groups in total. The average Bonchev–Trinajstić information content (AvgIpc) is 1.53. The van der Waals surface area contributed by atoms with Gasteiger partial charge < -0.3 is 25.5 Å². The summed E-state index contributed by atoms with van der Waals surface area (Å²) in [7, 11) is 0. The monoisotopic (exact) mass is 1830 g/mol. The van der Waals surface area contributed by atoms with E-state index >= 15 is 4.79 Å². The van der Waals surface area contributed by atoms with Gasteiger partial charge in [0.25, 0.3) is 11.8 Å². The van der Waals surface area contributed by atoms with Crippen molar-refractivity contribution in [3.05, 3.63) is 408 Å². The average molecular weight is 1830 g/mol. The molecule has 2 atom stereocenters. The molecule has 0 radical (unpaired) electrons. The lowest BCUT2D eigenvalue weighted by molar-refractivity contribution is -0.136. The highest BCUT2D eigenvalue weighted by atomic mass is 16.2. The van der Waals surface area contributed by atoms with Gasteiger partial charge in [0.1, 0.15) is 0 Å². The topological polar surface area (TPSA) is 136 Å². The molecule has 3 amide bonds. The first-order valence-electron chi connectivity index (χ1n) is 50.3. The van der Waals surface area contributed by atoms with E-state index in [1.165, 1.54) is 83.1 Å². The second-order valence-electron chi connectivity index (χ2n) is 39.6. The van der Waals surface area contributed by atoms with Gasteiger partial charge >= 0.3 is 0 Å². The quantitative estimate of drug-likeness (QED) is 0.0298. The van der Waals surface area contributed by atoms with Crippen LogP contribution in [-0.2, 0) is 23.1 Å². The third-order valence-corrected chi connectivity index (χ3v) is 28.5. The molecule has 2 unspecified atom stereocenters. The Morgan fingerprint density at radius 3 is 1.27 bits per heavy atom. The van der Waals surface area contributed by atoms with Gasteiger partial charge in [-0.1, -0.05) is 343 Å². The maximum Gasteiger partial charge on any atom is 0.255 e. The number of amides is 3. The molecule has 2 aromatic heterocycles. The van der Waals surface area contributed by atoms with Gasteiger partial charge in [-0.2, -0.15) is 0 Å². The van der Waals surface area contributed by atoms with Crippen LogP contribution in [0.4, 0.5) is 11.4 Å². The number of carbonyl (C=O) groups excluding carboxylic acids is 3. The summed E-state index contributed by atoms with van der Waals surface area (Å²) < 4.78 is 0. The Hall–Kier alpha value is -13.3. The predicted octanol–water partition coefficient (Wildman–Crippen LogP) is 34.3. The van der Waals surface area contributed by atoms with Crippen molar-refractivity contribution >= 4 is 80.1 Å². The minimum Gasteiger partial charge on any atom is -0.357 e. The SMILES string of the molecule is C=C1c2[nH]c3c(c4nc(c(-c5ccc(C(=O)Nc6ccc(/C=C/C(C)=C/C=C/C(C)=C/C=C/C=C(C)/C=C/C=C(C)/C=C/C7=C(C)CCCC7(C)C)cc6)cc5)c5[nH]c(cc6nc(c2-c2ccc(C(=O)Nc7ccc(/C=C/C(C)=C/C=C/C(C)=C/C=C/C=C(C)/C=C/C=C(C)/C=C/C8=C(C)CCCC8(C)C)cc7)cc2)C(C)=C6CC)c(CC)c5C)C(C)=C4CC)CC(C(=O)N(CC)CC)C13CCC. The van der Waals surface area contributed by atoms with Crippen molar-refractivity contribution in [1.29, 1.82) is 0 Å². The Morgan fingerprint density at radius 2 is 0.862 bits per heavy atom. The number of allylic oxidation sites excluding steroid dienone is 43. The summed E-state index contributed by atoms with van der Waals surface area (Å²) in [6, 6.07) is 33.9. The van der Waals surface area contributed by atoms with Crippen molar-refractivity contribution in [3.63, 3.8) is 0 Å². The summed E-state index contributed by atoms with van der Waals surface area (Å²) in [5.74, 6) is -0.859. The van der Waals surface area contributed by atoms with E-state index in [4.69, 9.17) is 16.5 Å². The van der Waals surface area contributed by atoms with Crippen LogP contribution in [0, 0.1) is 23.7 Å². The fourth-order valence-electron chi connectivity index (χ4n) is 20.5. The molecule has 10 heteroatoms. The summed E-state index contributed by atoms with van der Waals surface area (Å²) in [5.41, 5.74) is 38.4. The largest absolute Gasteiger partial charge is 0.357 e. The number of hydrogen-bond acceptors (Lipinski definition) is 5. The Labute approximate surface area is 826 Å². The highest BCUT2D eigenvalue weighted by Gasteiger charge is 2.57. The zero-order valence-electron chi connectivity index (χ0n) is 86.7. The number of carbonyl (C=O) groups is 3. The Balaban J connectivity index is 0.779. The first-order valence-corrected chi connectivity index (χ1v) is 50.3. The molecular weight excluding hydrogens is 1680 g/mol. The number of benzene rings is 4. The van der Waals surface area contributed by atoms with Gasteiger partial charge in [-0.3, -0.25) is 14.4 Å². The van der Waals surface area contributed by atoms with E-state index < -0.39 is 11.3 Å². The molecule has 3 aliphatic heterocycles. The van der Waals surface area contributed by atoms with E-state index in [1.807, 2.05) is 89.8 Å². The van der Waals surface area contributed by atoms with E-state index in [-0.39, 0.29) is 28.6 Å². The molecule has 3 aliphatic carbocycles. The zero-order valence-corrected chi connectivity index (χ0v) is 86.7.